The van der Waals surface area contributed by atoms with E-state index in [1.54, 1.807) is 0 Å². The smallest absolute Gasteiger partial charge is 0.00463 e. The number of hydrogen-bond acceptors (Lipinski definition) is 1. The van der Waals surface area contributed by atoms with Gasteiger partial charge in [0.25, 0.3) is 0 Å². The molecule has 1 nitrogen and oxygen atoms in total. The average Bonchev–Trinajstić information content (AvgIpc) is 2.46. The van der Waals surface area contributed by atoms with Gasteiger partial charge < -0.3 is 5.32 Å². The van der Waals surface area contributed by atoms with Gasteiger partial charge in [0.05, 0.1) is 0 Å². The third-order valence-electron chi connectivity index (χ3n) is 3.41. The molecule has 1 aliphatic carbocycles. The Bertz CT molecular complexity index is 114. The van der Waals surface area contributed by atoms with Gasteiger partial charge in [-0.3, -0.25) is 0 Å². The molecule has 84 valence electrons. The number of nitrogens with one attached hydrogen (secondary N) is 1. The zero-order valence-corrected chi connectivity index (χ0v) is 9.86. The van der Waals surface area contributed by atoms with Crippen molar-refractivity contribution in [2.75, 3.05) is 13.1 Å². The lowest BCUT2D eigenvalue weighted by atomic mass is 9.97. The Morgan fingerprint density at radius 2 is 1.71 bits per heavy atom. The molecule has 0 saturated heterocycles. The molecule has 0 bridgehead atoms. The van der Waals surface area contributed by atoms with Crippen molar-refractivity contribution in [2.45, 2.75) is 64.7 Å². The van der Waals surface area contributed by atoms with Gasteiger partial charge in [0, 0.05) is 0 Å². The molecule has 0 aromatic carbocycles. The predicted molar refractivity (Wildman–Crippen MR) is 63.6 cm³/mol. The minimum atomic E-state index is 1.03. The van der Waals surface area contributed by atoms with Gasteiger partial charge in [-0.2, -0.15) is 0 Å². The molecule has 14 heavy (non-hydrogen) atoms. The van der Waals surface area contributed by atoms with E-state index in [9.17, 15) is 0 Å². The molecule has 0 aromatic heterocycles. The molecule has 1 heteroatoms. The molecular weight excluding hydrogens is 170 g/mol. The largest absolute Gasteiger partial charge is 0.317 e. The molecule has 1 saturated carbocycles. The van der Waals surface area contributed by atoms with Crippen LogP contribution in [0.5, 0.6) is 0 Å². The minimum absolute atomic E-state index is 1.03. The van der Waals surface area contributed by atoms with Crippen molar-refractivity contribution < 1.29 is 0 Å². The van der Waals surface area contributed by atoms with E-state index in [-0.39, 0.29) is 0 Å². The van der Waals surface area contributed by atoms with Crippen molar-refractivity contribution in [1.82, 2.24) is 5.32 Å². The van der Waals surface area contributed by atoms with E-state index in [0.717, 1.165) is 5.92 Å². The van der Waals surface area contributed by atoms with Crippen LogP contribution in [0.15, 0.2) is 0 Å². The predicted octanol–water partition coefficient (Wildman–Crippen LogP) is 3.74. The van der Waals surface area contributed by atoms with E-state index in [2.05, 4.69) is 12.2 Å². The first-order chi connectivity index (χ1) is 6.93. The van der Waals surface area contributed by atoms with Crippen LogP contribution in [0.3, 0.4) is 0 Å². The molecule has 1 fully saturated rings. The maximum absolute atomic E-state index is 3.55. The summed E-state index contributed by atoms with van der Waals surface area (Å²) in [5.41, 5.74) is 0. The molecule has 0 spiro atoms. The van der Waals surface area contributed by atoms with E-state index < -0.39 is 0 Å². The van der Waals surface area contributed by atoms with E-state index in [4.69, 9.17) is 0 Å². The van der Waals surface area contributed by atoms with Crippen LogP contribution in [-0.4, -0.2) is 13.1 Å². The first kappa shape index (κ1) is 12.0. The van der Waals surface area contributed by atoms with Crippen molar-refractivity contribution in [3.05, 3.63) is 0 Å². The van der Waals surface area contributed by atoms with Crippen LogP contribution in [0, 0.1) is 5.92 Å². The molecule has 0 aliphatic heterocycles. The first-order valence-electron chi connectivity index (χ1n) is 6.64. The van der Waals surface area contributed by atoms with E-state index in [1.807, 2.05) is 0 Å². The second-order valence-corrected chi connectivity index (χ2v) is 4.75. The Labute approximate surface area is 89.7 Å². The Kier molecular flexibility index (Phi) is 7.12. The molecule has 0 atom stereocenters. The summed E-state index contributed by atoms with van der Waals surface area (Å²) in [6, 6.07) is 0. The normalized spacial score (nSPS) is 19.5. The lowest BCUT2D eigenvalue weighted by Crippen LogP contribution is -2.19. The highest BCUT2D eigenvalue weighted by Gasteiger charge is 2.10. The summed E-state index contributed by atoms with van der Waals surface area (Å²) in [5, 5.41) is 3.55. The fraction of sp³-hybridized carbons (Fsp3) is 1.00. The van der Waals surface area contributed by atoms with Gasteiger partial charge in [0.1, 0.15) is 0 Å². The zero-order valence-electron chi connectivity index (χ0n) is 9.86. The summed E-state index contributed by atoms with van der Waals surface area (Å²) in [6.07, 6.45) is 13.0. The van der Waals surface area contributed by atoms with Crippen LogP contribution in [0.25, 0.3) is 0 Å². The van der Waals surface area contributed by atoms with Crippen LogP contribution >= 0.6 is 0 Å². The minimum Gasteiger partial charge on any atom is -0.317 e. The summed E-state index contributed by atoms with van der Waals surface area (Å²) >= 11 is 0. The molecule has 0 unspecified atom stereocenters. The molecule has 0 heterocycles. The summed E-state index contributed by atoms with van der Waals surface area (Å²) < 4.78 is 0. The molecular formula is C13H27N. The van der Waals surface area contributed by atoms with Crippen LogP contribution in [0.4, 0.5) is 0 Å². The quantitative estimate of drug-likeness (QED) is 0.505. The van der Waals surface area contributed by atoms with Gasteiger partial charge in [0.15, 0.2) is 0 Å². The number of rotatable bonds is 6. The fourth-order valence-electron chi connectivity index (χ4n) is 2.39. The maximum atomic E-state index is 3.55. The van der Waals surface area contributed by atoms with Gasteiger partial charge in [-0.15, -0.1) is 0 Å². The molecule has 1 N–H and O–H groups in total. The SMILES string of the molecule is CCCCNCCC1CCCCCC1. The van der Waals surface area contributed by atoms with E-state index >= 15 is 0 Å². The van der Waals surface area contributed by atoms with Gasteiger partial charge in [0.2, 0.25) is 0 Å². The summed E-state index contributed by atoms with van der Waals surface area (Å²) in [4.78, 5) is 0. The Balaban J connectivity index is 1.93. The highest BCUT2D eigenvalue weighted by atomic mass is 14.8. The van der Waals surface area contributed by atoms with Gasteiger partial charge in [-0.1, -0.05) is 51.9 Å². The summed E-state index contributed by atoms with van der Waals surface area (Å²) in [5.74, 6) is 1.03. The first-order valence-corrected chi connectivity index (χ1v) is 6.64. The maximum Gasteiger partial charge on any atom is -0.00463 e. The van der Waals surface area contributed by atoms with Crippen molar-refractivity contribution in [3.8, 4) is 0 Å². The number of hydrogen-bond donors (Lipinski definition) is 1. The fourth-order valence-corrected chi connectivity index (χ4v) is 2.39. The molecule has 0 radical (unpaired) electrons. The molecule has 1 aliphatic rings. The average molecular weight is 197 g/mol. The van der Waals surface area contributed by atoms with Gasteiger partial charge in [-0.25, -0.2) is 0 Å². The van der Waals surface area contributed by atoms with Gasteiger partial charge >= 0.3 is 0 Å². The topological polar surface area (TPSA) is 12.0 Å². The van der Waals surface area contributed by atoms with Crippen LogP contribution < -0.4 is 5.32 Å². The van der Waals surface area contributed by atoms with Crippen LogP contribution in [0.2, 0.25) is 0 Å². The van der Waals surface area contributed by atoms with Crippen molar-refractivity contribution in [2.24, 2.45) is 5.92 Å². The van der Waals surface area contributed by atoms with Crippen LogP contribution in [-0.2, 0) is 0 Å². The Hall–Kier alpha value is -0.0400. The van der Waals surface area contributed by atoms with Crippen molar-refractivity contribution in [1.29, 1.82) is 0 Å². The van der Waals surface area contributed by atoms with Crippen molar-refractivity contribution >= 4 is 0 Å². The number of unbranched alkanes of at least 4 members (excludes halogenated alkanes) is 1. The standard InChI is InChI=1S/C13H27N/c1-2-3-11-14-12-10-13-8-6-4-5-7-9-13/h13-14H,2-12H2,1H3. The monoisotopic (exact) mass is 197 g/mol. The highest BCUT2D eigenvalue weighted by molar-refractivity contribution is 4.65. The Morgan fingerprint density at radius 3 is 2.36 bits per heavy atom. The summed E-state index contributed by atoms with van der Waals surface area (Å²) in [6.45, 7) is 4.74. The third-order valence-corrected chi connectivity index (χ3v) is 3.41. The van der Waals surface area contributed by atoms with E-state index in [0.29, 0.717) is 0 Å². The molecule has 1 rings (SSSR count). The third kappa shape index (κ3) is 5.64. The van der Waals surface area contributed by atoms with Crippen LogP contribution in [0.1, 0.15) is 64.7 Å². The summed E-state index contributed by atoms with van der Waals surface area (Å²) in [7, 11) is 0. The highest BCUT2D eigenvalue weighted by Crippen LogP contribution is 2.24. The Morgan fingerprint density at radius 1 is 1.00 bits per heavy atom. The van der Waals surface area contributed by atoms with E-state index in [1.165, 1.54) is 70.9 Å². The molecule has 0 aromatic rings. The second-order valence-electron chi connectivity index (χ2n) is 4.75. The zero-order chi connectivity index (χ0) is 10.1. The lowest BCUT2D eigenvalue weighted by Gasteiger charge is -2.13. The molecule has 0 amide bonds. The lowest BCUT2D eigenvalue weighted by molar-refractivity contribution is 0.414. The second kappa shape index (κ2) is 8.28. The van der Waals surface area contributed by atoms with Gasteiger partial charge in [-0.05, 0) is 31.8 Å². The van der Waals surface area contributed by atoms with Crippen molar-refractivity contribution in [3.63, 3.8) is 0 Å².